The van der Waals surface area contributed by atoms with E-state index in [0.717, 1.165) is 25.9 Å². The minimum absolute atomic E-state index is 0.328. The SMILES string of the molecule is CN(C)P(=O)(C1CCNCC1)N(C)C. The third kappa shape index (κ3) is 2.19. The van der Waals surface area contributed by atoms with Crippen molar-refractivity contribution in [3.05, 3.63) is 0 Å². The number of hydrogen-bond acceptors (Lipinski definition) is 2. The lowest BCUT2D eigenvalue weighted by Gasteiger charge is -2.38. The summed E-state index contributed by atoms with van der Waals surface area (Å²) < 4.78 is 16.6. The van der Waals surface area contributed by atoms with Gasteiger partial charge in [0.25, 0.3) is 0 Å². The van der Waals surface area contributed by atoms with Crippen molar-refractivity contribution in [2.75, 3.05) is 41.3 Å². The zero-order chi connectivity index (χ0) is 10.8. The molecule has 5 heteroatoms. The van der Waals surface area contributed by atoms with Gasteiger partial charge in [0, 0.05) is 5.66 Å². The van der Waals surface area contributed by atoms with Crippen LogP contribution in [0.25, 0.3) is 0 Å². The molecule has 0 aromatic rings. The Morgan fingerprint density at radius 3 is 1.86 bits per heavy atom. The Hall–Kier alpha value is 0.110. The summed E-state index contributed by atoms with van der Waals surface area (Å²) in [4.78, 5) is 0. The van der Waals surface area contributed by atoms with E-state index in [-0.39, 0.29) is 0 Å². The Balaban J connectivity index is 2.81. The normalized spacial score (nSPS) is 20.7. The van der Waals surface area contributed by atoms with Gasteiger partial charge in [-0.05, 0) is 54.1 Å². The van der Waals surface area contributed by atoms with Crippen LogP contribution >= 0.6 is 7.44 Å². The molecule has 0 aromatic heterocycles. The van der Waals surface area contributed by atoms with Gasteiger partial charge >= 0.3 is 0 Å². The molecule has 14 heavy (non-hydrogen) atoms. The van der Waals surface area contributed by atoms with E-state index in [4.69, 9.17) is 0 Å². The summed E-state index contributed by atoms with van der Waals surface area (Å²) in [5, 5.41) is 3.31. The van der Waals surface area contributed by atoms with Crippen molar-refractivity contribution < 1.29 is 4.57 Å². The van der Waals surface area contributed by atoms with Gasteiger partial charge in [0.1, 0.15) is 0 Å². The largest absolute Gasteiger partial charge is 0.317 e. The average molecular weight is 219 g/mol. The first-order valence-electron chi connectivity index (χ1n) is 5.15. The van der Waals surface area contributed by atoms with Crippen LogP contribution in [0, 0.1) is 0 Å². The Kier molecular flexibility index (Phi) is 4.14. The fourth-order valence-electron chi connectivity index (χ4n) is 2.15. The molecule has 0 saturated carbocycles. The summed E-state index contributed by atoms with van der Waals surface area (Å²) in [7, 11) is 5.37. The van der Waals surface area contributed by atoms with Crippen molar-refractivity contribution in [3.8, 4) is 0 Å². The topological polar surface area (TPSA) is 35.6 Å². The summed E-state index contributed by atoms with van der Waals surface area (Å²) in [6.07, 6.45) is 2.04. The molecule has 0 aromatic carbocycles. The van der Waals surface area contributed by atoms with E-state index in [1.165, 1.54) is 0 Å². The molecule has 1 rings (SSSR count). The third-order valence-electron chi connectivity index (χ3n) is 2.93. The fraction of sp³-hybridized carbons (Fsp3) is 1.00. The zero-order valence-corrected chi connectivity index (χ0v) is 10.6. The number of rotatable bonds is 3. The molecule has 0 unspecified atom stereocenters. The summed E-state index contributed by atoms with van der Waals surface area (Å²) >= 11 is 0. The van der Waals surface area contributed by atoms with Crippen molar-refractivity contribution in [2.45, 2.75) is 18.5 Å². The molecular weight excluding hydrogens is 197 g/mol. The van der Waals surface area contributed by atoms with Crippen LogP contribution in [0.3, 0.4) is 0 Å². The predicted molar refractivity (Wildman–Crippen MR) is 60.9 cm³/mol. The summed E-state index contributed by atoms with van der Waals surface area (Å²) in [5.41, 5.74) is 0.328. The van der Waals surface area contributed by atoms with Crippen LogP contribution in [-0.4, -0.2) is 56.3 Å². The summed E-state index contributed by atoms with van der Waals surface area (Å²) in [5.74, 6) is 0. The lowest BCUT2D eigenvalue weighted by molar-refractivity contribution is 0.405. The minimum Gasteiger partial charge on any atom is -0.317 e. The van der Waals surface area contributed by atoms with Gasteiger partial charge in [0.2, 0.25) is 7.44 Å². The molecule has 1 heterocycles. The molecule has 84 valence electrons. The first-order chi connectivity index (χ1) is 6.49. The first-order valence-corrected chi connectivity index (χ1v) is 6.83. The van der Waals surface area contributed by atoms with E-state index in [0.29, 0.717) is 5.66 Å². The molecule has 0 bridgehead atoms. The molecule has 1 saturated heterocycles. The molecule has 4 nitrogen and oxygen atoms in total. The molecule has 0 amide bonds. The first kappa shape index (κ1) is 12.2. The van der Waals surface area contributed by atoms with Crippen molar-refractivity contribution in [2.24, 2.45) is 0 Å². The maximum Gasteiger partial charge on any atom is 0.218 e. The van der Waals surface area contributed by atoms with Crippen LogP contribution in [0.15, 0.2) is 0 Å². The molecule has 0 aliphatic carbocycles. The fourth-order valence-corrected chi connectivity index (χ4v) is 5.11. The standard InChI is InChI=1S/C9H22N3OP/c1-11(2)14(13,12(3)4)9-5-7-10-8-6-9/h9-10H,5-8H2,1-4H3. The lowest BCUT2D eigenvalue weighted by Crippen LogP contribution is -2.37. The van der Waals surface area contributed by atoms with Crippen LogP contribution in [0.2, 0.25) is 0 Å². The van der Waals surface area contributed by atoms with E-state index in [1.807, 2.05) is 37.5 Å². The van der Waals surface area contributed by atoms with Gasteiger partial charge < -0.3 is 5.32 Å². The second-order valence-electron chi connectivity index (χ2n) is 4.26. The maximum atomic E-state index is 12.8. The van der Waals surface area contributed by atoms with E-state index in [1.54, 1.807) is 0 Å². The van der Waals surface area contributed by atoms with Gasteiger partial charge in [0.05, 0.1) is 0 Å². The Bertz CT molecular complexity index is 212. The second kappa shape index (κ2) is 4.75. The van der Waals surface area contributed by atoms with Crippen LogP contribution in [0.5, 0.6) is 0 Å². The smallest absolute Gasteiger partial charge is 0.218 e. The van der Waals surface area contributed by atoms with Gasteiger partial charge in [-0.25, -0.2) is 9.34 Å². The molecule has 0 atom stereocenters. The molecule has 1 aliphatic heterocycles. The molecular formula is C9H22N3OP. The molecule has 1 aliphatic rings. The number of hydrogen-bond donors (Lipinski definition) is 1. The van der Waals surface area contributed by atoms with Gasteiger partial charge in [0.15, 0.2) is 0 Å². The monoisotopic (exact) mass is 219 g/mol. The highest BCUT2D eigenvalue weighted by Crippen LogP contribution is 2.56. The molecule has 0 radical (unpaired) electrons. The van der Waals surface area contributed by atoms with Crippen LogP contribution in [0.4, 0.5) is 0 Å². The van der Waals surface area contributed by atoms with Gasteiger partial charge in [-0.15, -0.1) is 0 Å². The second-order valence-corrected chi connectivity index (χ2v) is 7.77. The Morgan fingerprint density at radius 1 is 1.07 bits per heavy atom. The Labute approximate surface area is 87.1 Å². The van der Waals surface area contributed by atoms with Crippen LogP contribution < -0.4 is 5.32 Å². The van der Waals surface area contributed by atoms with Crippen LogP contribution in [-0.2, 0) is 4.57 Å². The quantitative estimate of drug-likeness (QED) is 0.720. The van der Waals surface area contributed by atoms with E-state index in [2.05, 4.69) is 5.32 Å². The maximum absolute atomic E-state index is 12.8. The van der Waals surface area contributed by atoms with Crippen molar-refractivity contribution in [3.63, 3.8) is 0 Å². The Morgan fingerprint density at radius 2 is 1.50 bits per heavy atom. The van der Waals surface area contributed by atoms with Crippen molar-refractivity contribution in [1.29, 1.82) is 0 Å². The van der Waals surface area contributed by atoms with Crippen molar-refractivity contribution >= 4 is 7.44 Å². The molecule has 0 spiro atoms. The van der Waals surface area contributed by atoms with Gasteiger partial charge in [-0.2, -0.15) is 0 Å². The highest BCUT2D eigenvalue weighted by Gasteiger charge is 2.37. The number of nitrogens with zero attached hydrogens (tertiary/aromatic N) is 2. The predicted octanol–water partition coefficient (Wildman–Crippen LogP) is 1.05. The molecule has 1 N–H and O–H groups in total. The third-order valence-corrected chi connectivity index (χ3v) is 6.69. The molecule has 1 fully saturated rings. The summed E-state index contributed by atoms with van der Waals surface area (Å²) in [6, 6.07) is 0. The van der Waals surface area contributed by atoms with Crippen molar-refractivity contribution in [1.82, 2.24) is 14.7 Å². The highest BCUT2D eigenvalue weighted by molar-refractivity contribution is 7.59. The number of piperidine rings is 1. The zero-order valence-electron chi connectivity index (χ0n) is 9.66. The van der Waals surface area contributed by atoms with E-state index < -0.39 is 7.44 Å². The minimum atomic E-state index is -2.31. The summed E-state index contributed by atoms with van der Waals surface area (Å²) in [6.45, 7) is 1.99. The number of nitrogens with one attached hydrogen (secondary N) is 1. The average Bonchev–Trinajstić information content (AvgIpc) is 2.17. The van der Waals surface area contributed by atoms with Gasteiger partial charge in [-0.1, -0.05) is 0 Å². The van der Waals surface area contributed by atoms with E-state index in [9.17, 15) is 4.57 Å². The van der Waals surface area contributed by atoms with Crippen LogP contribution in [0.1, 0.15) is 12.8 Å². The van der Waals surface area contributed by atoms with E-state index >= 15 is 0 Å². The highest BCUT2D eigenvalue weighted by atomic mass is 31.2. The lowest BCUT2D eigenvalue weighted by atomic mass is 10.2. The van der Waals surface area contributed by atoms with Gasteiger partial charge in [-0.3, -0.25) is 4.57 Å².